The van der Waals surface area contributed by atoms with Gasteiger partial charge in [-0.1, -0.05) is 6.07 Å². The zero-order valence-corrected chi connectivity index (χ0v) is 16.8. The van der Waals surface area contributed by atoms with Crippen LogP contribution in [0, 0.1) is 0 Å². The fraction of sp³-hybridized carbons (Fsp3) is 0.368. The van der Waals surface area contributed by atoms with Crippen LogP contribution < -0.4 is 10.2 Å². The van der Waals surface area contributed by atoms with Crippen LogP contribution in [-0.4, -0.2) is 64.0 Å². The summed E-state index contributed by atoms with van der Waals surface area (Å²) in [4.78, 5) is 18.8. The molecule has 0 aliphatic carbocycles. The molecular formula is C19H24N4O4S. The van der Waals surface area contributed by atoms with E-state index in [9.17, 15) is 13.2 Å². The minimum absolute atomic E-state index is 0.112. The molecule has 28 heavy (non-hydrogen) atoms. The Morgan fingerprint density at radius 1 is 1.21 bits per heavy atom. The van der Waals surface area contributed by atoms with Crippen LogP contribution in [0.15, 0.2) is 47.5 Å². The number of amides is 1. The van der Waals surface area contributed by atoms with E-state index in [-0.39, 0.29) is 10.8 Å². The molecule has 1 aromatic carbocycles. The van der Waals surface area contributed by atoms with Crippen molar-refractivity contribution in [1.82, 2.24) is 14.6 Å². The van der Waals surface area contributed by atoms with Crippen LogP contribution in [0.2, 0.25) is 0 Å². The number of hydrogen-bond acceptors (Lipinski definition) is 6. The van der Waals surface area contributed by atoms with Gasteiger partial charge in [0.2, 0.25) is 10.0 Å². The van der Waals surface area contributed by atoms with Gasteiger partial charge in [0.15, 0.2) is 0 Å². The van der Waals surface area contributed by atoms with Crippen LogP contribution in [-0.2, 0) is 21.3 Å². The SMILES string of the molecule is CN(C)c1cc(CNC(=O)c2cccc(S(=O)(=O)N3CCOCC3)c2)ccn1. The number of morpholine rings is 1. The summed E-state index contributed by atoms with van der Waals surface area (Å²) in [6.45, 7) is 1.70. The first-order chi connectivity index (χ1) is 13.4. The van der Waals surface area contributed by atoms with E-state index in [4.69, 9.17) is 4.74 Å². The van der Waals surface area contributed by atoms with E-state index in [1.807, 2.05) is 31.1 Å². The number of anilines is 1. The minimum Gasteiger partial charge on any atom is -0.379 e. The molecule has 8 nitrogen and oxygen atoms in total. The van der Waals surface area contributed by atoms with E-state index in [1.165, 1.54) is 16.4 Å². The molecule has 1 saturated heterocycles. The molecule has 0 unspecified atom stereocenters. The van der Waals surface area contributed by atoms with Crippen molar-refractivity contribution in [2.24, 2.45) is 0 Å². The molecule has 1 aliphatic rings. The van der Waals surface area contributed by atoms with Gasteiger partial charge in [-0.15, -0.1) is 0 Å². The number of aromatic nitrogens is 1. The number of nitrogens with zero attached hydrogens (tertiary/aromatic N) is 3. The molecule has 1 fully saturated rings. The summed E-state index contributed by atoms with van der Waals surface area (Å²) in [7, 11) is 0.147. The van der Waals surface area contributed by atoms with Crippen molar-refractivity contribution in [1.29, 1.82) is 0 Å². The van der Waals surface area contributed by atoms with Gasteiger partial charge in [-0.2, -0.15) is 4.31 Å². The van der Waals surface area contributed by atoms with Crippen molar-refractivity contribution in [2.75, 3.05) is 45.3 Å². The highest BCUT2D eigenvalue weighted by molar-refractivity contribution is 7.89. The standard InChI is InChI=1S/C19H24N4O4S/c1-22(2)18-12-15(6-7-20-18)14-21-19(24)16-4-3-5-17(13-16)28(25,26)23-8-10-27-11-9-23/h3-7,12-13H,8-11,14H2,1-2H3,(H,21,24). The summed E-state index contributed by atoms with van der Waals surface area (Å²) >= 11 is 0. The summed E-state index contributed by atoms with van der Waals surface area (Å²) in [6, 6.07) is 9.82. The molecule has 0 bridgehead atoms. The average Bonchev–Trinajstić information content (AvgIpc) is 2.73. The number of carbonyl (C=O) groups is 1. The number of pyridine rings is 1. The molecule has 1 N–H and O–H groups in total. The lowest BCUT2D eigenvalue weighted by atomic mass is 10.2. The third kappa shape index (κ3) is 4.67. The lowest BCUT2D eigenvalue weighted by molar-refractivity contribution is 0.0730. The molecule has 2 heterocycles. The molecular weight excluding hydrogens is 380 g/mol. The Balaban J connectivity index is 1.71. The molecule has 2 aromatic rings. The average molecular weight is 404 g/mol. The fourth-order valence-electron chi connectivity index (χ4n) is 2.83. The predicted octanol–water partition coefficient (Wildman–Crippen LogP) is 1.10. The molecule has 0 saturated carbocycles. The van der Waals surface area contributed by atoms with Crippen LogP contribution in [0.1, 0.15) is 15.9 Å². The lowest BCUT2D eigenvalue weighted by Gasteiger charge is -2.26. The molecule has 150 valence electrons. The van der Waals surface area contributed by atoms with E-state index in [1.54, 1.807) is 18.3 Å². The lowest BCUT2D eigenvalue weighted by Crippen LogP contribution is -2.40. The number of sulfonamides is 1. The molecule has 0 spiro atoms. The molecule has 1 aromatic heterocycles. The van der Waals surface area contributed by atoms with Crippen molar-refractivity contribution in [3.05, 3.63) is 53.7 Å². The van der Waals surface area contributed by atoms with Crippen molar-refractivity contribution < 1.29 is 17.9 Å². The van der Waals surface area contributed by atoms with Gasteiger partial charge in [-0.05, 0) is 35.9 Å². The van der Waals surface area contributed by atoms with Gasteiger partial charge in [-0.3, -0.25) is 4.79 Å². The Hall–Kier alpha value is -2.49. The highest BCUT2D eigenvalue weighted by Crippen LogP contribution is 2.18. The Bertz CT molecular complexity index is 940. The predicted molar refractivity (Wildman–Crippen MR) is 106 cm³/mol. The molecule has 3 rings (SSSR count). The van der Waals surface area contributed by atoms with Gasteiger partial charge >= 0.3 is 0 Å². The summed E-state index contributed by atoms with van der Waals surface area (Å²) in [5.41, 5.74) is 1.21. The van der Waals surface area contributed by atoms with Crippen LogP contribution in [0.25, 0.3) is 0 Å². The van der Waals surface area contributed by atoms with Gasteiger partial charge in [0.1, 0.15) is 5.82 Å². The summed E-state index contributed by atoms with van der Waals surface area (Å²) in [6.07, 6.45) is 1.69. The quantitative estimate of drug-likeness (QED) is 0.775. The van der Waals surface area contributed by atoms with Crippen LogP contribution in [0.4, 0.5) is 5.82 Å². The maximum Gasteiger partial charge on any atom is 0.251 e. The first-order valence-corrected chi connectivity index (χ1v) is 10.4. The third-order valence-corrected chi connectivity index (χ3v) is 6.32. The van der Waals surface area contributed by atoms with Crippen LogP contribution >= 0.6 is 0 Å². The normalized spacial score (nSPS) is 15.2. The van der Waals surface area contributed by atoms with E-state index in [0.717, 1.165) is 11.4 Å². The van der Waals surface area contributed by atoms with Crippen molar-refractivity contribution in [2.45, 2.75) is 11.4 Å². The van der Waals surface area contributed by atoms with Gasteiger partial charge in [0.05, 0.1) is 18.1 Å². The molecule has 1 aliphatic heterocycles. The largest absolute Gasteiger partial charge is 0.379 e. The first-order valence-electron chi connectivity index (χ1n) is 8.96. The van der Waals surface area contributed by atoms with Crippen LogP contribution in [0.3, 0.4) is 0 Å². The molecule has 9 heteroatoms. The summed E-state index contributed by atoms with van der Waals surface area (Å²) in [5, 5.41) is 2.83. The summed E-state index contributed by atoms with van der Waals surface area (Å²) in [5.74, 6) is 0.465. The van der Waals surface area contributed by atoms with Gasteiger partial charge < -0.3 is 15.0 Å². The maximum atomic E-state index is 12.8. The topological polar surface area (TPSA) is 91.8 Å². The number of hydrogen-bond donors (Lipinski definition) is 1. The first kappa shape index (κ1) is 20.2. The summed E-state index contributed by atoms with van der Waals surface area (Å²) < 4.78 is 32.1. The monoisotopic (exact) mass is 404 g/mol. The van der Waals surface area contributed by atoms with E-state index < -0.39 is 10.0 Å². The second kappa shape index (κ2) is 8.68. The molecule has 1 amide bonds. The van der Waals surface area contributed by atoms with E-state index >= 15 is 0 Å². The Morgan fingerprint density at radius 2 is 1.96 bits per heavy atom. The number of benzene rings is 1. The number of nitrogens with one attached hydrogen (secondary N) is 1. The minimum atomic E-state index is -3.64. The Labute approximate surface area is 165 Å². The molecule has 0 atom stereocenters. The maximum absolute atomic E-state index is 12.8. The van der Waals surface area contributed by atoms with Crippen LogP contribution in [0.5, 0.6) is 0 Å². The molecule has 0 radical (unpaired) electrons. The van der Waals surface area contributed by atoms with Crippen molar-refractivity contribution in [3.8, 4) is 0 Å². The highest BCUT2D eigenvalue weighted by Gasteiger charge is 2.26. The van der Waals surface area contributed by atoms with E-state index in [0.29, 0.717) is 38.4 Å². The second-order valence-corrected chi connectivity index (χ2v) is 8.58. The highest BCUT2D eigenvalue weighted by atomic mass is 32.2. The van der Waals surface area contributed by atoms with Crippen molar-refractivity contribution in [3.63, 3.8) is 0 Å². The van der Waals surface area contributed by atoms with Gasteiger partial charge in [-0.25, -0.2) is 13.4 Å². The second-order valence-electron chi connectivity index (χ2n) is 6.64. The Morgan fingerprint density at radius 3 is 2.68 bits per heavy atom. The Kier molecular flexibility index (Phi) is 6.28. The number of ether oxygens (including phenoxy) is 1. The third-order valence-electron chi connectivity index (χ3n) is 4.43. The number of carbonyl (C=O) groups excluding carboxylic acids is 1. The fourth-order valence-corrected chi connectivity index (χ4v) is 4.29. The van der Waals surface area contributed by atoms with Gasteiger partial charge in [0, 0.05) is 45.5 Å². The zero-order valence-electron chi connectivity index (χ0n) is 16.0. The zero-order chi connectivity index (χ0) is 20.1. The van der Waals surface area contributed by atoms with Gasteiger partial charge in [0.25, 0.3) is 5.91 Å². The number of rotatable bonds is 6. The van der Waals surface area contributed by atoms with Crippen molar-refractivity contribution >= 4 is 21.7 Å². The van der Waals surface area contributed by atoms with E-state index in [2.05, 4.69) is 10.3 Å². The smallest absolute Gasteiger partial charge is 0.251 e.